The van der Waals surface area contributed by atoms with E-state index in [0.717, 1.165) is 24.0 Å². The van der Waals surface area contributed by atoms with E-state index in [1.54, 1.807) is 0 Å². The van der Waals surface area contributed by atoms with Gasteiger partial charge in [-0.25, -0.2) is 0 Å². The first-order valence-electron chi connectivity index (χ1n) is 5.14. The Morgan fingerprint density at radius 1 is 1.50 bits per heavy atom. The van der Waals surface area contributed by atoms with Gasteiger partial charge in [0.1, 0.15) is 5.75 Å². The molecule has 0 bridgehead atoms. The van der Waals surface area contributed by atoms with Crippen molar-refractivity contribution in [2.75, 3.05) is 0 Å². The molecule has 1 heterocycles. The third kappa shape index (κ3) is 1.50. The summed E-state index contributed by atoms with van der Waals surface area (Å²) in [5.41, 5.74) is 3.16. The fraction of sp³-hybridized carbons (Fsp3) is 0.500. The van der Waals surface area contributed by atoms with Crippen LogP contribution in [0.3, 0.4) is 0 Å². The largest absolute Gasteiger partial charge is 0.507 e. The first-order valence-corrected chi connectivity index (χ1v) is 5.14. The maximum absolute atomic E-state index is 9.82. The molecule has 2 rings (SSSR count). The fourth-order valence-electron chi connectivity index (χ4n) is 1.92. The molecule has 1 aromatic carbocycles. The van der Waals surface area contributed by atoms with Gasteiger partial charge in [-0.1, -0.05) is 19.1 Å². The second-order valence-corrected chi connectivity index (χ2v) is 3.91. The molecule has 0 amide bonds. The van der Waals surface area contributed by atoms with Crippen LogP contribution in [0.4, 0.5) is 0 Å². The molecule has 2 heteroatoms. The highest BCUT2D eigenvalue weighted by Gasteiger charge is 2.20. The Hall–Kier alpha value is -1.02. The van der Waals surface area contributed by atoms with Crippen molar-refractivity contribution in [3.05, 3.63) is 28.8 Å². The van der Waals surface area contributed by atoms with Crippen LogP contribution < -0.4 is 0 Å². The van der Waals surface area contributed by atoms with E-state index in [-0.39, 0.29) is 0 Å². The van der Waals surface area contributed by atoms with Crippen LogP contribution in [0.15, 0.2) is 12.1 Å². The van der Waals surface area contributed by atoms with Crippen molar-refractivity contribution in [1.82, 2.24) is 0 Å². The lowest BCUT2D eigenvalue weighted by Gasteiger charge is -2.25. The molecule has 1 aromatic rings. The maximum Gasteiger partial charge on any atom is 0.124 e. The van der Waals surface area contributed by atoms with Crippen molar-refractivity contribution < 1.29 is 9.84 Å². The van der Waals surface area contributed by atoms with Crippen LogP contribution in [0.1, 0.15) is 30.0 Å². The number of phenols is 1. The Labute approximate surface area is 84.5 Å². The number of hydrogen-bond acceptors (Lipinski definition) is 2. The SMILES string of the molecule is CCC1Cc2ccc(C)c(O)c2CO1. The van der Waals surface area contributed by atoms with Crippen LogP contribution in [0.5, 0.6) is 5.75 Å². The summed E-state index contributed by atoms with van der Waals surface area (Å²) < 4.78 is 5.63. The van der Waals surface area contributed by atoms with Gasteiger partial charge in [-0.2, -0.15) is 0 Å². The van der Waals surface area contributed by atoms with Crippen molar-refractivity contribution in [2.45, 2.75) is 39.4 Å². The summed E-state index contributed by atoms with van der Waals surface area (Å²) in [6.07, 6.45) is 2.29. The topological polar surface area (TPSA) is 29.5 Å². The van der Waals surface area contributed by atoms with Gasteiger partial charge in [0.25, 0.3) is 0 Å². The molecule has 76 valence electrons. The average molecular weight is 192 g/mol. The number of aromatic hydroxyl groups is 1. The molecule has 0 spiro atoms. The molecule has 1 atom stereocenters. The molecule has 0 radical (unpaired) electrons. The Bertz CT molecular complexity index is 344. The monoisotopic (exact) mass is 192 g/mol. The second kappa shape index (κ2) is 3.62. The zero-order valence-electron chi connectivity index (χ0n) is 8.71. The lowest BCUT2D eigenvalue weighted by Crippen LogP contribution is -2.21. The molecule has 0 saturated carbocycles. The average Bonchev–Trinajstić information content (AvgIpc) is 2.23. The minimum Gasteiger partial charge on any atom is -0.507 e. The number of benzene rings is 1. The van der Waals surface area contributed by atoms with Crippen LogP contribution in [-0.4, -0.2) is 11.2 Å². The number of ether oxygens (including phenoxy) is 1. The summed E-state index contributed by atoms with van der Waals surface area (Å²) in [4.78, 5) is 0. The van der Waals surface area contributed by atoms with Crippen molar-refractivity contribution in [3.8, 4) is 5.75 Å². The van der Waals surface area contributed by atoms with Gasteiger partial charge >= 0.3 is 0 Å². The molecular formula is C12H16O2. The maximum atomic E-state index is 9.82. The Kier molecular flexibility index (Phi) is 2.46. The van der Waals surface area contributed by atoms with Gasteiger partial charge in [-0.05, 0) is 30.9 Å². The Morgan fingerprint density at radius 2 is 2.29 bits per heavy atom. The number of rotatable bonds is 1. The van der Waals surface area contributed by atoms with Crippen molar-refractivity contribution >= 4 is 0 Å². The van der Waals surface area contributed by atoms with Gasteiger partial charge in [0.05, 0.1) is 12.7 Å². The standard InChI is InChI=1S/C12H16O2/c1-3-10-6-9-5-4-8(2)12(13)11(9)7-14-10/h4-5,10,13H,3,6-7H2,1-2H3. The summed E-state index contributed by atoms with van der Waals surface area (Å²) in [7, 11) is 0. The molecule has 2 nitrogen and oxygen atoms in total. The van der Waals surface area contributed by atoms with Crippen LogP contribution in [0.2, 0.25) is 0 Å². The van der Waals surface area contributed by atoms with Gasteiger partial charge in [-0.15, -0.1) is 0 Å². The summed E-state index contributed by atoms with van der Waals surface area (Å²) in [6, 6.07) is 4.09. The zero-order chi connectivity index (χ0) is 10.1. The van der Waals surface area contributed by atoms with Crippen molar-refractivity contribution in [1.29, 1.82) is 0 Å². The lowest BCUT2D eigenvalue weighted by molar-refractivity contribution is 0.0251. The molecular weight excluding hydrogens is 176 g/mol. The third-order valence-corrected chi connectivity index (χ3v) is 2.95. The van der Waals surface area contributed by atoms with Gasteiger partial charge in [0, 0.05) is 5.56 Å². The van der Waals surface area contributed by atoms with E-state index in [1.807, 2.05) is 13.0 Å². The summed E-state index contributed by atoms with van der Waals surface area (Å²) in [5, 5.41) is 9.82. The molecule has 0 aliphatic carbocycles. The number of fused-ring (bicyclic) bond motifs is 1. The second-order valence-electron chi connectivity index (χ2n) is 3.91. The number of hydrogen-bond donors (Lipinski definition) is 1. The van der Waals surface area contributed by atoms with E-state index in [2.05, 4.69) is 13.0 Å². The highest BCUT2D eigenvalue weighted by molar-refractivity contribution is 5.45. The normalized spacial score (nSPS) is 20.6. The first kappa shape index (κ1) is 9.53. The van der Waals surface area contributed by atoms with Crippen molar-refractivity contribution in [2.24, 2.45) is 0 Å². The summed E-state index contributed by atoms with van der Waals surface area (Å²) >= 11 is 0. The van der Waals surface area contributed by atoms with Crippen LogP contribution in [0, 0.1) is 6.92 Å². The molecule has 14 heavy (non-hydrogen) atoms. The lowest BCUT2D eigenvalue weighted by atomic mass is 9.95. The Balaban J connectivity index is 2.36. The van der Waals surface area contributed by atoms with Gasteiger partial charge in [-0.3, -0.25) is 0 Å². The van der Waals surface area contributed by atoms with Crippen LogP contribution >= 0.6 is 0 Å². The van der Waals surface area contributed by atoms with Gasteiger partial charge < -0.3 is 9.84 Å². The molecule has 0 aromatic heterocycles. The van der Waals surface area contributed by atoms with E-state index in [1.165, 1.54) is 5.56 Å². The smallest absolute Gasteiger partial charge is 0.124 e. The van der Waals surface area contributed by atoms with Gasteiger partial charge in [0.2, 0.25) is 0 Å². The quantitative estimate of drug-likeness (QED) is 0.741. The molecule has 0 fully saturated rings. The Morgan fingerprint density at radius 3 is 3.00 bits per heavy atom. The summed E-state index contributed by atoms with van der Waals surface area (Å²) in [6.45, 7) is 4.60. The predicted molar refractivity (Wildman–Crippen MR) is 55.4 cm³/mol. The molecule has 1 N–H and O–H groups in total. The van der Waals surface area contributed by atoms with Crippen LogP contribution in [-0.2, 0) is 17.8 Å². The van der Waals surface area contributed by atoms with E-state index in [9.17, 15) is 5.11 Å². The first-order chi connectivity index (χ1) is 6.72. The van der Waals surface area contributed by atoms with Gasteiger partial charge in [0.15, 0.2) is 0 Å². The van der Waals surface area contributed by atoms with E-state index >= 15 is 0 Å². The minimum absolute atomic E-state index is 0.324. The number of phenolic OH excluding ortho intramolecular Hbond substituents is 1. The molecule has 0 saturated heterocycles. The highest BCUT2D eigenvalue weighted by atomic mass is 16.5. The molecule has 1 unspecified atom stereocenters. The summed E-state index contributed by atoms with van der Waals surface area (Å²) in [5.74, 6) is 0.414. The minimum atomic E-state index is 0.324. The zero-order valence-corrected chi connectivity index (χ0v) is 8.71. The number of aryl methyl sites for hydroxylation is 1. The predicted octanol–water partition coefficient (Wildman–Crippen LogP) is 2.55. The van der Waals surface area contributed by atoms with E-state index < -0.39 is 0 Å². The molecule has 1 aliphatic heterocycles. The van der Waals surface area contributed by atoms with Crippen LogP contribution in [0.25, 0.3) is 0 Å². The van der Waals surface area contributed by atoms with E-state index in [0.29, 0.717) is 18.5 Å². The molecule has 1 aliphatic rings. The fourth-order valence-corrected chi connectivity index (χ4v) is 1.92. The van der Waals surface area contributed by atoms with Crippen molar-refractivity contribution in [3.63, 3.8) is 0 Å². The highest BCUT2D eigenvalue weighted by Crippen LogP contribution is 2.31. The third-order valence-electron chi connectivity index (χ3n) is 2.95. The van der Waals surface area contributed by atoms with E-state index in [4.69, 9.17) is 4.74 Å².